The van der Waals surface area contributed by atoms with Gasteiger partial charge in [0.25, 0.3) is 0 Å². The van der Waals surface area contributed by atoms with E-state index in [9.17, 15) is 9.18 Å². The van der Waals surface area contributed by atoms with Gasteiger partial charge in [0.1, 0.15) is 23.0 Å². The quantitative estimate of drug-likeness (QED) is 0.582. The number of nitrogens with zero attached hydrogens (tertiary/aromatic N) is 2. The molecule has 0 unspecified atom stereocenters. The fraction of sp³-hybridized carbons (Fsp3) is 0.200. The van der Waals surface area contributed by atoms with Gasteiger partial charge in [0, 0.05) is 24.2 Å². The van der Waals surface area contributed by atoms with Gasteiger partial charge in [-0.2, -0.15) is 5.10 Å². The first-order valence-corrected chi connectivity index (χ1v) is 9.10. The topological polar surface area (TPSA) is 62.6 Å². The molecule has 0 N–H and O–H groups in total. The lowest BCUT2D eigenvalue weighted by Gasteiger charge is -2.18. The normalized spacial score (nSPS) is 10.7. The van der Waals surface area contributed by atoms with Crippen molar-refractivity contribution in [3.8, 4) is 39.6 Å². The smallest absolute Gasteiger partial charge is 0.309 e. The van der Waals surface area contributed by atoms with E-state index < -0.39 is 11.4 Å². The van der Waals surface area contributed by atoms with Gasteiger partial charge < -0.3 is 14.2 Å². The minimum atomic E-state index is -0.517. The molecule has 0 radical (unpaired) electrons. The summed E-state index contributed by atoms with van der Waals surface area (Å²) in [6, 6.07) is 7.10. The van der Waals surface area contributed by atoms with Gasteiger partial charge in [-0.1, -0.05) is 23.2 Å². The van der Waals surface area contributed by atoms with Crippen LogP contribution >= 0.6 is 23.2 Å². The van der Waals surface area contributed by atoms with Gasteiger partial charge in [-0.3, -0.25) is 4.79 Å². The summed E-state index contributed by atoms with van der Waals surface area (Å²) >= 11 is 12.8. The number of benzene rings is 2. The molecule has 0 spiro atoms. The molecular formula is C20H17Cl2FN2O4. The molecule has 1 heterocycles. The van der Waals surface area contributed by atoms with Crippen LogP contribution in [0.15, 0.2) is 35.1 Å². The molecule has 0 bridgehead atoms. The molecule has 1 aromatic heterocycles. The highest BCUT2D eigenvalue weighted by Crippen LogP contribution is 2.45. The molecule has 0 aliphatic rings. The van der Waals surface area contributed by atoms with Gasteiger partial charge >= 0.3 is 5.56 Å². The first-order chi connectivity index (χ1) is 13.8. The van der Waals surface area contributed by atoms with E-state index >= 15 is 0 Å². The van der Waals surface area contributed by atoms with Crippen molar-refractivity contribution in [1.82, 2.24) is 9.78 Å². The van der Waals surface area contributed by atoms with E-state index in [1.165, 1.54) is 40.5 Å². The minimum Gasteiger partial charge on any atom is -0.497 e. The highest BCUT2D eigenvalue weighted by atomic mass is 35.5. The molecule has 0 fully saturated rings. The van der Waals surface area contributed by atoms with Crippen LogP contribution in [0.5, 0.6) is 17.2 Å². The second kappa shape index (κ2) is 8.31. The summed E-state index contributed by atoms with van der Waals surface area (Å²) in [5, 5.41) is 4.72. The fourth-order valence-electron chi connectivity index (χ4n) is 2.94. The molecule has 2 aromatic carbocycles. The zero-order valence-electron chi connectivity index (χ0n) is 16.0. The first-order valence-electron chi connectivity index (χ1n) is 8.35. The van der Waals surface area contributed by atoms with Crippen molar-refractivity contribution in [3.63, 3.8) is 0 Å². The molecule has 0 saturated carbocycles. The molecule has 3 rings (SSSR count). The van der Waals surface area contributed by atoms with Gasteiger partial charge in [-0.25, -0.2) is 9.07 Å². The number of halogens is 3. The number of hydrogen-bond donors (Lipinski definition) is 0. The standard InChI is InChI=1S/C20H17Cl2FN2O4/c1-25-20(26)19(29-4)16(12-6-5-10(23)7-14(12)21)18(24-25)13-8-11(27-2)9-15(28-3)17(13)22/h5-9H,1-4H3. The molecule has 29 heavy (non-hydrogen) atoms. The summed E-state index contributed by atoms with van der Waals surface area (Å²) in [6.07, 6.45) is 0. The SMILES string of the molecule is COc1cc(OC)c(Cl)c(-c2nn(C)c(=O)c(OC)c2-c2ccc(F)cc2Cl)c1. The molecule has 6 nitrogen and oxygen atoms in total. The number of methoxy groups -OCH3 is 3. The Labute approximate surface area is 176 Å². The van der Waals surface area contributed by atoms with Crippen LogP contribution < -0.4 is 19.8 Å². The first kappa shape index (κ1) is 21.0. The predicted molar refractivity (Wildman–Crippen MR) is 110 cm³/mol. The number of aromatic nitrogens is 2. The van der Waals surface area contributed by atoms with E-state index in [-0.39, 0.29) is 21.4 Å². The van der Waals surface area contributed by atoms with Crippen molar-refractivity contribution in [1.29, 1.82) is 0 Å². The van der Waals surface area contributed by atoms with Crippen molar-refractivity contribution in [3.05, 3.63) is 56.5 Å². The maximum absolute atomic E-state index is 13.6. The van der Waals surface area contributed by atoms with Crippen molar-refractivity contribution in [2.75, 3.05) is 21.3 Å². The van der Waals surface area contributed by atoms with Crippen LogP contribution in [0.25, 0.3) is 22.4 Å². The fourth-order valence-corrected chi connectivity index (χ4v) is 3.48. The van der Waals surface area contributed by atoms with Crippen molar-refractivity contribution in [2.24, 2.45) is 7.05 Å². The van der Waals surface area contributed by atoms with Gasteiger partial charge in [0.05, 0.1) is 36.9 Å². The maximum Gasteiger partial charge on any atom is 0.309 e. The lowest BCUT2D eigenvalue weighted by Crippen LogP contribution is -2.23. The highest BCUT2D eigenvalue weighted by Gasteiger charge is 2.25. The Hall–Kier alpha value is -2.77. The number of hydrogen-bond acceptors (Lipinski definition) is 5. The second-order valence-corrected chi connectivity index (χ2v) is 6.79. The molecule has 0 aliphatic heterocycles. The Morgan fingerprint density at radius 2 is 1.72 bits per heavy atom. The average Bonchev–Trinajstić information content (AvgIpc) is 2.70. The monoisotopic (exact) mass is 438 g/mol. The largest absolute Gasteiger partial charge is 0.497 e. The van der Waals surface area contributed by atoms with Crippen LogP contribution in [0.1, 0.15) is 0 Å². The van der Waals surface area contributed by atoms with E-state index in [0.29, 0.717) is 28.3 Å². The molecular weight excluding hydrogens is 422 g/mol. The van der Waals surface area contributed by atoms with Crippen molar-refractivity contribution in [2.45, 2.75) is 0 Å². The Morgan fingerprint density at radius 3 is 2.31 bits per heavy atom. The summed E-state index contributed by atoms with van der Waals surface area (Å²) in [5.74, 6) is 0.291. The Bertz CT molecular complexity index is 1150. The number of aryl methyl sites for hydroxylation is 1. The van der Waals surface area contributed by atoms with E-state index in [0.717, 1.165) is 10.7 Å². The van der Waals surface area contributed by atoms with E-state index in [1.54, 1.807) is 12.1 Å². The van der Waals surface area contributed by atoms with Crippen LogP contribution in [0.4, 0.5) is 4.39 Å². The molecule has 0 atom stereocenters. The third-order valence-electron chi connectivity index (χ3n) is 4.33. The number of ether oxygens (including phenoxy) is 3. The van der Waals surface area contributed by atoms with Crippen molar-refractivity contribution < 1.29 is 18.6 Å². The Balaban J connectivity index is 2.48. The minimum absolute atomic E-state index is 0.0103. The summed E-state index contributed by atoms with van der Waals surface area (Å²) in [7, 11) is 5.81. The van der Waals surface area contributed by atoms with E-state index in [1.807, 2.05) is 0 Å². The maximum atomic E-state index is 13.6. The number of rotatable bonds is 5. The third kappa shape index (κ3) is 3.75. The van der Waals surface area contributed by atoms with Crippen LogP contribution in [0.2, 0.25) is 10.0 Å². The summed E-state index contributed by atoms with van der Waals surface area (Å²) in [6.45, 7) is 0. The average molecular weight is 439 g/mol. The molecule has 0 amide bonds. The second-order valence-electron chi connectivity index (χ2n) is 6.00. The van der Waals surface area contributed by atoms with Crippen LogP contribution in [0.3, 0.4) is 0 Å². The lowest BCUT2D eigenvalue weighted by atomic mass is 9.98. The van der Waals surface area contributed by atoms with Crippen LogP contribution in [-0.2, 0) is 7.05 Å². The van der Waals surface area contributed by atoms with Gasteiger partial charge in [-0.05, 0) is 24.3 Å². The highest BCUT2D eigenvalue weighted by molar-refractivity contribution is 6.35. The van der Waals surface area contributed by atoms with Gasteiger partial charge in [0.2, 0.25) is 0 Å². The Kier molecular flexibility index (Phi) is 6.00. The summed E-state index contributed by atoms with van der Waals surface area (Å²) < 4.78 is 30.8. The summed E-state index contributed by atoms with van der Waals surface area (Å²) in [5.41, 5.74) is 0.866. The van der Waals surface area contributed by atoms with Gasteiger partial charge in [0.15, 0.2) is 5.75 Å². The zero-order valence-corrected chi connectivity index (χ0v) is 17.6. The molecule has 9 heteroatoms. The third-order valence-corrected chi connectivity index (χ3v) is 5.03. The van der Waals surface area contributed by atoms with Crippen LogP contribution in [-0.4, -0.2) is 31.1 Å². The molecule has 3 aromatic rings. The zero-order chi connectivity index (χ0) is 21.3. The molecule has 0 saturated heterocycles. The van der Waals surface area contributed by atoms with Crippen molar-refractivity contribution >= 4 is 23.2 Å². The van der Waals surface area contributed by atoms with E-state index in [2.05, 4.69) is 5.10 Å². The summed E-state index contributed by atoms with van der Waals surface area (Å²) in [4.78, 5) is 12.7. The Morgan fingerprint density at radius 1 is 1.00 bits per heavy atom. The molecule has 0 aliphatic carbocycles. The molecule has 152 valence electrons. The van der Waals surface area contributed by atoms with E-state index in [4.69, 9.17) is 37.4 Å². The lowest BCUT2D eigenvalue weighted by molar-refractivity contribution is 0.394. The van der Waals surface area contributed by atoms with Gasteiger partial charge in [-0.15, -0.1) is 0 Å². The van der Waals surface area contributed by atoms with Crippen LogP contribution in [0, 0.1) is 5.82 Å². The predicted octanol–water partition coefficient (Wildman–Crippen LogP) is 4.59.